The van der Waals surface area contributed by atoms with E-state index in [0.717, 1.165) is 38.8 Å². The molecule has 1 aliphatic rings. The number of carboxylic acid groups (broad SMARTS) is 1. The highest BCUT2D eigenvalue weighted by Crippen LogP contribution is 2.26. The predicted molar refractivity (Wildman–Crippen MR) is 66.8 cm³/mol. The van der Waals surface area contributed by atoms with Gasteiger partial charge in [-0.25, -0.2) is 4.39 Å². The quantitative estimate of drug-likeness (QED) is 0.898. The van der Waals surface area contributed by atoms with Crippen molar-refractivity contribution in [3.8, 4) is 0 Å². The van der Waals surface area contributed by atoms with E-state index < -0.39 is 17.8 Å². The third-order valence-corrected chi connectivity index (χ3v) is 3.44. The first-order valence-electron chi connectivity index (χ1n) is 6.41. The van der Waals surface area contributed by atoms with Crippen molar-refractivity contribution < 1.29 is 14.3 Å². The summed E-state index contributed by atoms with van der Waals surface area (Å²) in [6.45, 7) is 1.45. The number of rotatable bonds is 3. The Kier molecular flexibility index (Phi) is 4.31. The van der Waals surface area contributed by atoms with Gasteiger partial charge in [0.15, 0.2) is 0 Å². The van der Waals surface area contributed by atoms with Gasteiger partial charge in [0.05, 0.1) is 0 Å². The Hall–Kier alpha value is -1.42. The maximum absolute atomic E-state index is 13.8. The minimum Gasteiger partial charge on any atom is -0.480 e. The van der Waals surface area contributed by atoms with Crippen molar-refractivity contribution in [2.75, 3.05) is 13.1 Å². The van der Waals surface area contributed by atoms with Gasteiger partial charge in [-0.3, -0.25) is 9.69 Å². The summed E-state index contributed by atoms with van der Waals surface area (Å²) in [6, 6.07) is 5.30. The largest absolute Gasteiger partial charge is 0.480 e. The molecule has 1 saturated heterocycles. The van der Waals surface area contributed by atoms with Gasteiger partial charge in [0.2, 0.25) is 0 Å². The second kappa shape index (κ2) is 5.96. The van der Waals surface area contributed by atoms with Gasteiger partial charge < -0.3 is 5.11 Å². The standard InChI is InChI=1S/C14H18FNO2/c15-12-8-4-3-7-11(12)13(14(17)18)16-9-5-1-2-6-10-16/h3-4,7-8,13H,1-2,5-6,9-10H2,(H,17,18). The van der Waals surface area contributed by atoms with E-state index in [-0.39, 0.29) is 5.56 Å². The normalized spacial score (nSPS) is 19.2. The number of likely N-dealkylation sites (tertiary alicyclic amines) is 1. The monoisotopic (exact) mass is 251 g/mol. The molecule has 0 saturated carbocycles. The van der Waals surface area contributed by atoms with Crippen molar-refractivity contribution in [3.63, 3.8) is 0 Å². The molecule has 0 aromatic heterocycles. The molecule has 18 heavy (non-hydrogen) atoms. The second-order valence-electron chi connectivity index (χ2n) is 4.71. The minimum absolute atomic E-state index is 0.270. The SMILES string of the molecule is O=C(O)C(c1ccccc1F)N1CCCCCC1. The molecule has 0 radical (unpaired) electrons. The lowest BCUT2D eigenvalue weighted by Gasteiger charge is -2.27. The summed E-state index contributed by atoms with van der Waals surface area (Å²) in [7, 11) is 0. The van der Waals surface area contributed by atoms with E-state index in [9.17, 15) is 14.3 Å². The average Bonchev–Trinajstić information content (AvgIpc) is 2.60. The van der Waals surface area contributed by atoms with Gasteiger partial charge in [0.1, 0.15) is 11.9 Å². The van der Waals surface area contributed by atoms with E-state index in [1.165, 1.54) is 6.07 Å². The molecule has 1 aromatic carbocycles. The summed E-state index contributed by atoms with van der Waals surface area (Å²) in [5.74, 6) is -1.41. The fourth-order valence-electron chi connectivity index (χ4n) is 2.54. The number of aliphatic carboxylic acids is 1. The van der Waals surface area contributed by atoms with Gasteiger partial charge in [-0.2, -0.15) is 0 Å². The lowest BCUT2D eigenvalue weighted by atomic mass is 10.0. The molecular formula is C14H18FNO2. The van der Waals surface area contributed by atoms with Crippen molar-refractivity contribution in [1.82, 2.24) is 4.90 Å². The zero-order valence-electron chi connectivity index (χ0n) is 10.3. The maximum Gasteiger partial charge on any atom is 0.325 e. The first-order valence-corrected chi connectivity index (χ1v) is 6.41. The molecule has 1 aliphatic heterocycles. The molecule has 2 rings (SSSR count). The highest BCUT2D eigenvalue weighted by atomic mass is 19.1. The smallest absolute Gasteiger partial charge is 0.325 e. The molecule has 0 bridgehead atoms. The lowest BCUT2D eigenvalue weighted by Crippen LogP contribution is -2.35. The lowest BCUT2D eigenvalue weighted by molar-refractivity contribution is -0.143. The summed E-state index contributed by atoms with van der Waals surface area (Å²) in [4.78, 5) is 13.3. The molecule has 98 valence electrons. The Morgan fingerprint density at radius 1 is 1.17 bits per heavy atom. The van der Waals surface area contributed by atoms with Crippen LogP contribution < -0.4 is 0 Å². The summed E-state index contributed by atoms with van der Waals surface area (Å²) >= 11 is 0. The Morgan fingerprint density at radius 2 is 1.78 bits per heavy atom. The van der Waals surface area contributed by atoms with Crippen molar-refractivity contribution in [3.05, 3.63) is 35.6 Å². The third-order valence-electron chi connectivity index (χ3n) is 3.44. The summed E-state index contributed by atoms with van der Waals surface area (Å²) in [6.07, 6.45) is 4.22. The molecule has 1 unspecified atom stereocenters. The van der Waals surface area contributed by atoms with Gasteiger partial charge in [0, 0.05) is 5.56 Å². The van der Waals surface area contributed by atoms with Crippen LogP contribution in [0, 0.1) is 5.82 Å². The number of hydrogen-bond donors (Lipinski definition) is 1. The van der Waals surface area contributed by atoms with Crippen molar-refractivity contribution in [1.29, 1.82) is 0 Å². The fourth-order valence-corrected chi connectivity index (χ4v) is 2.54. The molecule has 4 heteroatoms. The van der Waals surface area contributed by atoms with Crippen LogP contribution in [0.25, 0.3) is 0 Å². The first-order chi connectivity index (χ1) is 8.70. The zero-order chi connectivity index (χ0) is 13.0. The Labute approximate surface area is 106 Å². The molecule has 1 heterocycles. The molecule has 0 amide bonds. The first kappa shape index (κ1) is 13.0. The number of nitrogens with zero attached hydrogens (tertiary/aromatic N) is 1. The van der Waals surface area contributed by atoms with Crippen LogP contribution in [-0.4, -0.2) is 29.1 Å². The van der Waals surface area contributed by atoms with Crippen LogP contribution in [0.3, 0.4) is 0 Å². The van der Waals surface area contributed by atoms with E-state index >= 15 is 0 Å². The van der Waals surface area contributed by atoms with Crippen LogP contribution in [0.2, 0.25) is 0 Å². The van der Waals surface area contributed by atoms with Crippen LogP contribution in [-0.2, 0) is 4.79 Å². The highest BCUT2D eigenvalue weighted by molar-refractivity contribution is 5.75. The number of halogens is 1. The summed E-state index contributed by atoms with van der Waals surface area (Å²) in [5, 5.41) is 9.39. The highest BCUT2D eigenvalue weighted by Gasteiger charge is 2.29. The second-order valence-corrected chi connectivity index (χ2v) is 4.71. The summed E-state index contributed by atoms with van der Waals surface area (Å²) < 4.78 is 13.8. The third kappa shape index (κ3) is 2.88. The Balaban J connectivity index is 2.27. The number of benzene rings is 1. The van der Waals surface area contributed by atoms with Gasteiger partial charge in [-0.1, -0.05) is 31.0 Å². The van der Waals surface area contributed by atoms with Gasteiger partial charge in [-0.15, -0.1) is 0 Å². The number of carbonyl (C=O) groups is 1. The zero-order valence-corrected chi connectivity index (χ0v) is 10.3. The minimum atomic E-state index is -0.970. The van der Waals surface area contributed by atoms with E-state index in [1.807, 2.05) is 4.90 Å². The van der Waals surface area contributed by atoms with E-state index in [4.69, 9.17) is 0 Å². The van der Waals surface area contributed by atoms with Gasteiger partial charge in [-0.05, 0) is 32.0 Å². The van der Waals surface area contributed by atoms with Crippen LogP contribution in [0.5, 0.6) is 0 Å². The van der Waals surface area contributed by atoms with E-state index in [1.54, 1.807) is 18.2 Å². The predicted octanol–water partition coefficient (Wildman–Crippen LogP) is 2.83. The summed E-state index contributed by atoms with van der Waals surface area (Å²) in [5.41, 5.74) is 0.270. The Morgan fingerprint density at radius 3 is 2.33 bits per heavy atom. The van der Waals surface area contributed by atoms with Crippen molar-refractivity contribution >= 4 is 5.97 Å². The van der Waals surface area contributed by atoms with Crippen molar-refractivity contribution in [2.24, 2.45) is 0 Å². The van der Waals surface area contributed by atoms with Crippen LogP contribution in [0.1, 0.15) is 37.3 Å². The van der Waals surface area contributed by atoms with E-state index in [0.29, 0.717) is 0 Å². The fraction of sp³-hybridized carbons (Fsp3) is 0.500. The average molecular weight is 251 g/mol. The number of carboxylic acids is 1. The molecule has 3 nitrogen and oxygen atoms in total. The number of hydrogen-bond acceptors (Lipinski definition) is 2. The van der Waals surface area contributed by atoms with Gasteiger partial charge >= 0.3 is 5.97 Å². The topological polar surface area (TPSA) is 40.5 Å². The molecular weight excluding hydrogens is 233 g/mol. The molecule has 0 aliphatic carbocycles. The van der Waals surface area contributed by atoms with Crippen LogP contribution >= 0.6 is 0 Å². The van der Waals surface area contributed by atoms with Gasteiger partial charge in [0.25, 0.3) is 0 Å². The van der Waals surface area contributed by atoms with Crippen LogP contribution in [0.4, 0.5) is 4.39 Å². The molecule has 1 atom stereocenters. The maximum atomic E-state index is 13.8. The molecule has 0 spiro atoms. The molecule has 1 N–H and O–H groups in total. The van der Waals surface area contributed by atoms with E-state index in [2.05, 4.69) is 0 Å². The molecule has 1 aromatic rings. The Bertz CT molecular complexity index is 414. The van der Waals surface area contributed by atoms with Crippen molar-refractivity contribution in [2.45, 2.75) is 31.7 Å². The van der Waals surface area contributed by atoms with Crippen LogP contribution in [0.15, 0.2) is 24.3 Å². The molecule has 1 fully saturated rings.